The molecule has 0 aliphatic heterocycles. The number of hydrogen-bond donors (Lipinski definition) is 4. The smallest absolute Gasteiger partial charge is 0.336 e. The minimum Gasteiger partial charge on any atom is -0.478 e. The number of nitrogens with two attached hydrogens (primary N) is 2. The molecule has 0 radical (unpaired) electrons. The van der Waals surface area contributed by atoms with Crippen molar-refractivity contribution in [1.82, 2.24) is 0 Å². The van der Waals surface area contributed by atoms with E-state index in [2.05, 4.69) is 0 Å². The van der Waals surface area contributed by atoms with Crippen molar-refractivity contribution in [2.75, 3.05) is 0 Å². The van der Waals surface area contributed by atoms with Gasteiger partial charge in [-0.05, 0) is 11.6 Å². The molecular formula is C9H11N3O2. The Morgan fingerprint density at radius 1 is 1.50 bits per heavy atom. The molecule has 14 heavy (non-hydrogen) atoms. The molecule has 0 aromatic heterocycles. The van der Waals surface area contributed by atoms with Gasteiger partial charge in [-0.25, -0.2) is 4.79 Å². The van der Waals surface area contributed by atoms with E-state index in [1.165, 1.54) is 6.07 Å². The number of carboxylic acid groups (broad SMARTS) is 1. The Kier molecular flexibility index (Phi) is 2.83. The summed E-state index contributed by atoms with van der Waals surface area (Å²) in [5, 5.41) is 16.0. The molecule has 0 aliphatic carbocycles. The predicted octanol–water partition coefficient (Wildman–Crippen LogP) is 0.128. The summed E-state index contributed by atoms with van der Waals surface area (Å²) in [7, 11) is 0. The van der Waals surface area contributed by atoms with Crippen LogP contribution in [0.25, 0.3) is 0 Å². The number of nitrogens with one attached hydrogen (secondary N) is 1. The Bertz CT molecular complexity index is 388. The van der Waals surface area contributed by atoms with Crippen molar-refractivity contribution >= 4 is 11.8 Å². The van der Waals surface area contributed by atoms with Crippen LogP contribution < -0.4 is 11.5 Å². The van der Waals surface area contributed by atoms with Crippen LogP contribution in [0.2, 0.25) is 0 Å². The molecule has 1 rings (SSSR count). The molecule has 5 heteroatoms. The van der Waals surface area contributed by atoms with E-state index in [1.54, 1.807) is 12.1 Å². The van der Waals surface area contributed by atoms with Gasteiger partial charge in [0.2, 0.25) is 0 Å². The third-order valence-electron chi connectivity index (χ3n) is 1.87. The molecule has 0 saturated carbocycles. The van der Waals surface area contributed by atoms with Crippen molar-refractivity contribution in [3.63, 3.8) is 0 Å². The lowest BCUT2D eigenvalue weighted by atomic mass is 10.0. The molecule has 6 N–H and O–H groups in total. The monoisotopic (exact) mass is 193 g/mol. The highest BCUT2D eigenvalue weighted by Crippen LogP contribution is 2.11. The minimum absolute atomic E-state index is 0.0974. The van der Waals surface area contributed by atoms with Gasteiger partial charge in [0.05, 0.1) is 5.56 Å². The Morgan fingerprint density at radius 2 is 2.14 bits per heavy atom. The number of carbonyl (C=O) groups is 1. The lowest BCUT2D eigenvalue weighted by Gasteiger charge is -2.05. The molecule has 0 aliphatic rings. The fourth-order valence-corrected chi connectivity index (χ4v) is 1.12. The van der Waals surface area contributed by atoms with Gasteiger partial charge in [0.25, 0.3) is 0 Å². The van der Waals surface area contributed by atoms with Crippen molar-refractivity contribution in [2.24, 2.45) is 11.5 Å². The minimum atomic E-state index is -1.06. The Hall–Kier alpha value is -1.88. The molecule has 1 aromatic rings. The Labute approximate surface area is 80.8 Å². The summed E-state index contributed by atoms with van der Waals surface area (Å²) in [6.45, 7) is 0.153. The summed E-state index contributed by atoms with van der Waals surface area (Å²) in [6.07, 6.45) is 0. The lowest BCUT2D eigenvalue weighted by molar-refractivity contribution is 0.0695. The van der Waals surface area contributed by atoms with Crippen LogP contribution >= 0.6 is 0 Å². The molecule has 0 saturated heterocycles. The van der Waals surface area contributed by atoms with E-state index in [4.69, 9.17) is 22.0 Å². The van der Waals surface area contributed by atoms with E-state index >= 15 is 0 Å². The number of nitrogen functional groups attached to an aromatic ring is 1. The van der Waals surface area contributed by atoms with Crippen LogP contribution in [0.15, 0.2) is 18.2 Å². The van der Waals surface area contributed by atoms with Crippen molar-refractivity contribution in [1.29, 1.82) is 5.41 Å². The molecule has 0 heterocycles. The van der Waals surface area contributed by atoms with Crippen molar-refractivity contribution in [3.8, 4) is 0 Å². The Balaban J connectivity index is 3.27. The van der Waals surface area contributed by atoms with Gasteiger partial charge in [-0.2, -0.15) is 0 Å². The maximum atomic E-state index is 10.8. The van der Waals surface area contributed by atoms with E-state index in [0.717, 1.165) is 0 Å². The van der Waals surface area contributed by atoms with E-state index in [9.17, 15) is 4.79 Å². The SMILES string of the molecule is N=C(N)c1ccc(CN)c(C(=O)O)c1. The van der Waals surface area contributed by atoms with E-state index in [1.807, 2.05) is 0 Å². The van der Waals surface area contributed by atoms with Crippen LogP contribution in [0.5, 0.6) is 0 Å². The molecular weight excluding hydrogens is 182 g/mol. The van der Waals surface area contributed by atoms with Gasteiger partial charge >= 0.3 is 5.97 Å². The normalized spacial score (nSPS) is 9.79. The van der Waals surface area contributed by atoms with Crippen molar-refractivity contribution in [3.05, 3.63) is 34.9 Å². The molecule has 0 amide bonds. The third-order valence-corrected chi connectivity index (χ3v) is 1.87. The second kappa shape index (κ2) is 3.89. The number of aromatic carboxylic acids is 1. The first-order valence-corrected chi connectivity index (χ1v) is 3.97. The molecule has 0 spiro atoms. The van der Waals surface area contributed by atoms with Gasteiger partial charge in [0, 0.05) is 12.1 Å². The number of benzene rings is 1. The van der Waals surface area contributed by atoms with Gasteiger partial charge in [-0.15, -0.1) is 0 Å². The summed E-state index contributed by atoms with van der Waals surface area (Å²) < 4.78 is 0. The van der Waals surface area contributed by atoms with Crippen molar-refractivity contribution in [2.45, 2.75) is 6.54 Å². The highest BCUT2D eigenvalue weighted by atomic mass is 16.4. The van der Waals surface area contributed by atoms with E-state index in [-0.39, 0.29) is 17.9 Å². The van der Waals surface area contributed by atoms with E-state index < -0.39 is 5.97 Å². The number of amidine groups is 1. The number of hydrogen-bond acceptors (Lipinski definition) is 3. The maximum Gasteiger partial charge on any atom is 0.336 e. The Morgan fingerprint density at radius 3 is 2.57 bits per heavy atom. The molecule has 0 atom stereocenters. The zero-order chi connectivity index (χ0) is 10.7. The lowest BCUT2D eigenvalue weighted by Crippen LogP contribution is -2.14. The van der Waals surface area contributed by atoms with Crippen LogP contribution in [0.1, 0.15) is 21.5 Å². The summed E-state index contributed by atoms with van der Waals surface area (Å²) in [5.41, 5.74) is 11.6. The summed E-state index contributed by atoms with van der Waals surface area (Å²) >= 11 is 0. The average Bonchev–Trinajstić information content (AvgIpc) is 2.16. The van der Waals surface area contributed by atoms with Crippen LogP contribution in [0.4, 0.5) is 0 Å². The fourth-order valence-electron chi connectivity index (χ4n) is 1.12. The maximum absolute atomic E-state index is 10.8. The quantitative estimate of drug-likeness (QED) is 0.403. The second-order valence-electron chi connectivity index (χ2n) is 2.79. The number of carboxylic acids is 1. The largest absolute Gasteiger partial charge is 0.478 e. The topological polar surface area (TPSA) is 113 Å². The van der Waals surface area contributed by atoms with Gasteiger partial charge in [-0.3, -0.25) is 5.41 Å². The molecule has 1 aromatic carbocycles. The molecule has 5 nitrogen and oxygen atoms in total. The molecule has 0 fully saturated rings. The van der Waals surface area contributed by atoms with Gasteiger partial charge in [-0.1, -0.05) is 12.1 Å². The van der Waals surface area contributed by atoms with Gasteiger partial charge < -0.3 is 16.6 Å². The summed E-state index contributed by atoms with van der Waals surface area (Å²) in [4.78, 5) is 10.8. The van der Waals surface area contributed by atoms with Crippen LogP contribution in [-0.2, 0) is 6.54 Å². The first kappa shape index (κ1) is 10.2. The zero-order valence-corrected chi connectivity index (χ0v) is 7.45. The predicted molar refractivity (Wildman–Crippen MR) is 52.3 cm³/mol. The molecule has 0 bridgehead atoms. The zero-order valence-electron chi connectivity index (χ0n) is 7.45. The second-order valence-corrected chi connectivity index (χ2v) is 2.79. The highest BCUT2D eigenvalue weighted by molar-refractivity contribution is 5.98. The van der Waals surface area contributed by atoms with Gasteiger partial charge in [0.15, 0.2) is 0 Å². The standard InChI is InChI=1S/C9H11N3O2/c10-4-6-2-1-5(8(11)12)3-7(6)9(13)14/h1-3H,4,10H2,(H3,11,12)(H,13,14). The fraction of sp³-hybridized carbons (Fsp3) is 0.111. The van der Waals surface area contributed by atoms with Crippen LogP contribution in [-0.4, -0.2) is 16.9 Å². The summed E-state index contributed by atoms with van der Waals surface area (Å²) in [6, 6.07) is 4.50. The third kappa shape index (κ3) is 1.89. The first-order chi connectivity index (χ1) is 6.56. The van der Waals surface area contributed by atoms with Crippen molar-refractivity contribution < 1.29 is 9.90 Å². The number of rotatable bonds is 3. The first-order valence-electron chi connectivity index (χ1n) is 3.97. The highest BCUT2D eigenvalue weighted by Gasteiger charge is 2.10. The van der Waals surface area contributed by atoms with Crippen LogP contribution in [0.3, 0.4) is 0 Å². The van der Waals surface area contributed by atoms with E-state index in [0.29, 0.717) is 11.1 Å². The van der Waals surface area contributed by atoms with Gasteiger partial charge in [0.1, 0.15) is 5.84 Å². The van der Waals surface area contributed by atoms with Crippen LogP contribution in [0, 0.1) is 5.41 Å². The summed E-state index contributed by atoms with van der Waals surface area (Å²) in [5.74, 6) is -1.22. The molecule has 74 valence electrons. The molecule has 0 unspecified atom stereocenters. The average molecular weight is 193 g/mol.